The zero-order valence-electron chi connectivity index (χ0n) is 11.6. The molecule has 0 spiro atoms. The van der Waals surface area contributed by atoms with E-state index in [1.807, 2.05) is 38.1 Å². The molecule has 1 aliphatic heterocycles. The van der Waals surface area contributed by atoms with Crippen LogP contribution in [0.3, 0.4) is 0 Å². The molecule has 1 aromatic carbocycles. The number of carbonyl (C=O) groups excluding carboxylic acids is 1. The second-order valence-corrected chi connectivity index (χ2v) is 5.32. The fourth-order valence-electron chi connectivity index (χ4n) is 2.45. The van der Waals surface area contributed by atoms with Gasteiger partial charge in [-0.3, -0.25) is 4.79 Å². The van der Waals surface area contributed by atoms with E-state index < -0.39 is 5.54 Å². The minimum absolute atomic E-state index is 0.0306. The van der Waals surface area contributed by atoms with Crippen molar-refractivity contribution in [2.75, 3.05) is 13.2 Å². The summed E-state index contributed by atoms with van der Waals surface area (Å²) in [6, 6.07) is 8.03. The van der Waals surface area contributed by atoms with Crippen molar-refractivity contribution in [3.05, 3.63) is 35.4 Å². The van der Waals surface area contributed by atoms with E-state index in [-0.39, 0.29) is 11.9 Å². The second-order valence-electron chi connectivity index (χ2n) is 5.32. The first-order valence-electron chi connectivity index (χ1n) is 6.76. The molecule has 0 unspecified atom stereocenters. The summed E-state index contributed by atoms with van der Waals surface area (Å²) in [5, 5.41) is 3.03. The van der Waals surface area contributed by atoms with Gasteiger partial charge < -0.3 is 15.8 Å². The number of hydrogen-bond acceptors (Lipinski definition) is 3. The first kappa shape index (κ1) is 14.0. The van der Waals surface area contributed by atoms with Gasteiger partial charge in [0.15, 0.2) is 0 Å². The van der Waals surface area contributed by atoms with Crippen LogP contribution in [-0.4, -0.2) is 24.7 Å². The Kier molecular flexibility index (Phi) is 4.22. The van der Waals surface area contributed by atoms with Crippen molar-refractivity contribution in [1.82, 2.24) is 5.32 Å². The standard InChI is InChI=1S/C15H22N2O2/c1-11-5-3-4-6-13(11)12(2)17-14(18)15(16)7-9-19-10-8-15/h3-6,12H,7-10,16H2,1-2H3,(H,17,18)/t12-/m1/s1. The highest BCUT2D eigenvalue weighted by molar-refractivity contribution is 5.86. The minimum atomic E-state index is -0.783. The maximum absolute atomic E-state index is 12.3. The van der Waals surface area contributed by atoms with Gasteiger partial charge in [0.1, 0.15) is 0 Å². The Hall–Kier alpha value is -1.39. The Morgan fingerprint density at radius 2 is 2.00 bits per heavy atom. The van der Waals surface area contributed by atoms with E-state index in [0.717, 1.165) is 5.56 Å². The Morgan fingerprint density at radius 1 is 1.37 bits per heavy atom. The zero-order valence-corrected chi connectivity index (χ0v) is 11.6. The molecule has 1 aromatic rings. The summed E-state index contributed by atoms with van der Waals surface area (Å²) >= 11 is 0. The van der Waals surface area contributed by atoms with Crippen LogP contribution in [0, 0.1) is 6.92 Å². The van der Waals surface area contributed by atoms with Crippen molar-refractivity contribution in [2.24, 2.45) is 5.73 Å². The topological polar surface area (TPSA) is 64.4 Å². The van der Waals surface area contributed by atoms with E-state index in [4.69, 9.17) is 10.5 Å². The van der Waals surface area contributed by atoms with Gasteiger partial charge in [-0.05, 0) is 37.8 Å². The van der Waals surface area contributed by atoms with Gasteiger partial charge >= 0.3 is 0 Å². The molecule has 0 saturated carbocycles. The van der Waals surface area contributed by atoms with Gasteiger partial charge in [0.25, 0.3) is 0 Å². The average molecular weight is 262 g/mol. The molecule has 0 aromatic heterocycles. The maximum Gasteiger partial charge on any atom is 0.240 e. The minimum Gasteiger partial charge on any atom is -0.381 e. The Balaban J connectivity index is 2.04. The first-order valence-corrected chi connectivity index (χ1v) is 6.76. The quantitative estimate of drug-likeness (QED) is 0.871. The first-order chi connectivity index (χ1) is 9.03. The van der Waals surface area contributed by atoms with Crippen LogP contribution in [0.25, 0.3) is 0 Å². The van der Waals surface area contributed by atoms with Crippen LogP contribution in [0.1, 0.15) is 36.9 Å². The van der Waals surface area contributed by atoms with Crippen molar-refractivity contribution >= 4 is 5.91 Å². The van der Waals surface area contributed by atoms with E-state index in [0.29, 0.717) is 26.1 Å². The molecule has 1 aliphatic rings. The molecule has 0 bridgehead atoms. The van der Waals surface area contributed by atoms with Gasteiger partial charge in [-0.25, -0.2) is 0 Å². The summed E-state index contributed by atoms with van der Waals surface area (Å²) in [5.74, 6) is -0.0773. The van der Waals surface area contributed by atoms with Crippen molar-refractivity contribution in [3.63, 3.8) is 0 Å². The lowest BCUT2D eigenvalue weighted by molar-refractivity contribution is -0.130. The molecule has 4 nitrogen and oxygen atoms in total. The maximum atomic E-state index is 12.3. The Morgan fingerprint density at radius 3 is 2.63 bits per heavy atom. The number of nitrogens with two attached hydrogens (primary N) is 1. The SMILES string of the molecule is Cc1ccccc1[C@@H](C)NC(=O)C1(N)CCOCC1. The number of ether oxygens (including phenoxy) is 1. The molecule has 0 aliphatic carbocycles. The third kappa shape index (κ3) is 3.14. The molecule has 2 rings (SSSR count). The number of benzene rings is 1. The highest BCUT2D eigenvalue weighted by Crippen LogP contribution is 2.21. The van der Waals surface area contributed by atoms with Crippen molar-refractivity contribution in [1.29, 1.82) is 0 Å². The summed E-state index contributed by atoms with van der Waals surface area (Å²) in [4.78, 5) is 12.3. The van der Waals surface area contributed by atoms with E-state index in [1.165, 1.54) is 5.56 Å². The highest BCUT2D eigenvalue weighted by Gasteiger charge is 2.36. The Labute approximate surface area is 114 Å². The van der Waals surface area contributed by atoms with Crippen LogP contribution in [0.5, 0.6) is 0 Å². The smallest absolute Gasteiger partial charge is 0.240 e. The molecule has 4 heteroatoms. The van der Waals surface area contributed by atoms with Gasteiger partial charge in [-0.2, -0.15) is 0 Å². The number of rotatable bonds is 3. The van der Waals surface area contributed by atoms with Crippen LogP contribution in [0.2, 0.25) is 0 Å². The summed E-state index contributed by atoms with van der Waals surface area (Å²) < 4.78 is 5.26. The normalized spacial score (nSPS) is 19.7. The summed E-state index contributed by atoms with van der Waals surface area (Å²) in [5.41, 5.74) is 7.70. The van der Waals surface area contributed by atoms with E-state index >= 15 is 0 Å². The van der Waals surface area contributed by atoms with Gasteiger partial charge in [0.2, 0.25) is 5.91 Å². The van der Waals surface area contributed by atoms with Crippen molar-refractivity contribution in [2.45, 2.75) is 38.3 Å². The fourth-order valence-corrected chi connectivity index (χ4v) is 2.45. The third-order valence-electron chi connectivity index (χ3n) is 3.84. The number of hydrogen-bond donors (Lipinski definition) is 2. The summed E-state index contributed by atoms with van der Waals surface area (Å²) in [6.45, 7) is 5.15. The van der Waals surface area contributed by atoms with Gasteiger partial charge in [0, 0.05) is 13.2 Å². The summed E-state index contributed by atoms with van der Waals surface area (Å²) in [6.07, 6.45) is 1.17. The van der Waals surface area contributed by atoms with Gasteiger partial charge in [-0.1, -0.05) is 24.3 Å². The summed E-state index contributed by atoms with van der Waals surface area (Å²) in [7, 11) is 0. The van der Waals surface area contributed by atoms with Crippen molar-refractivity contribution in [3.8, 4) is 0 Å². The van der Waals surface area contributed by atoms with E-state index in [2.05, 4.69) is 5.32 Å². The monoisotopic (exact) mass is 262 g/mol. The highest BCUT2D eigenvalue weighted by atomic mass is 16.5. The van der Waals surface area contributed by atoms with Crippen molar-refractivity contribution < 1.29 is 9.53 Å². The largest absolute Gasteiger partial charge is 0.381 e. The molecule has 104 valence electrons. The van der Waals surface area contributed by atoms with Gasteiger partial charge in [0.05, 0.1) is 11.6 Å². The predicted octanol–water partition coefficient (Wildman–Crippen LogP) is 1.68. The molecule has 1 fully saturated rings. The molecule has 1 atom stereocenters. The fraction of sp³-hybridized carbons (Fsp3) is 0.533. The zero-order chi connectivity index (χ0) is 13.9. The predicted molar refractivity (Wildman–Crippen MR) is 74.7 cm³/mol. The third-order valence-corrected chi connectivity index (χ3v) is 3.84. The lowest BCUT2D eigenvalue weighted by atomic mass is 9.89. The molecule has 1 heterocycles. The number of nitrogens with one attached hydrogen (secondary N) is 1. The molecule has 19 heavy (non-hydrogen) atoms. The van der Waals surface area contributed by atoms with Crippen LogP contribution < -0.4 is 11.1 Å². The van der Waals surface area contributed by atoms with E-state index in [9.17, 15) is 4.79 Å². The molecule has 1 amide bonds. The molecule has 0 radical (unpaired) electrons. The average Bonchev–Trinajstić information content (AvgIpc) is 2.40. The van der Waals surface area contributed by atoms with Gasteiger partial charge in [-0.15, -0.1) is 0 Å². The lowest BCUT2D eigenvalue weighted by Crippen LogP contribution is -2.57. The van der Waals surface area contributed by atoms with E-state index in [1.54, 1.807) is 0 Å². The second kappa shape index (κ2) is 5.72. The van der Waals surface area contributed by atoms with Crippen LogP contribution in [0.15, 0.2) is 24.3 Å². The molecule has 1 saturated heterocycles. The lowest BCUT2D eigenvalue weighted by Gasteiger charge is -2.33. The van der Waals surface area contributed by atoms with Crippen LogP contribution in [-0.2, 0) is 9.53 Å². The number of carbonyl (C=O) groups is 1. The molecular weight excluding hydrogens is 240 g/mol. The molecular formula is C15H22N2O2. The number of amides is 1. The van der Waals surface area contributed by atoms with Crippen LogP contribution >= 0.6 is 0 Å². The molecule has 3 N–H and O–H groups in total. The Bertz CT molecular complexity index is 453. The van der Waals surface area contributed by atoms with Crippen LogP contribution in [0.4, 0.5) is 0 Å². The number of aryl methyl sites for hydroxylation is 1.